The first-order valence-electron chi connectivity index (χ1n) is 7.21. The van der Waals surface area contributed by atoms with E-state index in [2.05, 4.69) is 16.0 Å². The summed E-state index contributed by atoms with van der Waals surface area (Å²) in [4.78, 5) is 26.0. The van der Waals surface area contributed by atoms with Crippen LogP contribution in [0.4, 0.5) is 11.4 Å². The number of fused-ring (bicyclic) bond motifs is 1. The van der Waals surface area contributed by atoms with Gasteiger partial charge in [-0.2, -0.15) is 0 Å². The Balaban J connectivity index is 2.12. The van der Waals surface area contributed by atoms with E-state index in [1.54, 1.807) is 24.9 Å². The van der Waals surface area contributed by atoms with Gasteiger partial charge in [0.05, 0.1) is 16.9 Å². The van der Waals surface area contributed by atoms with Crippen molar-refractivity contribution in [1.29, 1.82) is 0 Å². The van der Waals surface area contributed by atoms with E-state index in [4.69, 9.17) is 0 Å². The van der Waals surface area contributed by atoms with E-state index < -0.39 is 6.04 Å². The highest BCUT2D eigenvalue weighted by molar-refractivity contribution is 6.04. The first-order valence-corrected chi connectivity index (χ1v) is 7.21. The lowest BCUT2D eigenvalue weighted by molar-refractivity contribution is -0.131. The summed E-state index contributed by atoms with van der Waals surface area (Å²) < 4.78 is 0. The summed E-state index contributed by atoms with van der Waals surface area (Å²) in [6.07, 6.45) is 0. The summed E-state index contributed by atoms with van der Waals surface area (Å²) in [5.41, 5.74) is 2.27. The molecule has 6 heteroatoms. The number of anilines is 2. The third-order valence-electron chi connectivity index (χ3n) is 3.62. The molecule has 114 valence electrons. The zero-order chi connectivity index (χ0) is 15.4. The maximum absolute atomic E-state index is 12.4. The molecule has 21 heavy (non-hydrogen) atoms. The van der Waals surface area contributed by atoms with E-state index in [0.717, 1.165) is 24.5 Å². The number of hydrogen-bond acceptors (Lipinski definition) is 4. The van der Waals surface area contributed by atoms with Crippen LogP contribution in [0.3, 0.4) is 0 Å². The van der Waals surface area contributed by atoms with Crippen molar-refractivity contribution in [2.75, 3.05) is 37.3 Å². The summed E-state index contributed by atoms with van der Waals surface area (Å²) >= 11 is 0. The first-order chi connectivity index (χ1) is 10.0. The molecule has 0 saturated heterocycles. The van der Waals surface area contributed by atoms with E-state index in [1.165, 1.54) is 0 Å². The van der Waals surface area contributed by atoms with Crippen LogP contribution in [0.15, 0.2) is 18.2 Å². The molecule has 1 aromatic carbocycles. The Morgan fingerprint density at radius 1 is 1.33 bits per heavy atom. The molecule has 0 bridgehead atoms. The quantitative estimate of drug-likeness (QED) is 0.777. The van der Waals surface area contributed by atoms with Gasteiger partial charge in [-0.05, 0) is 26.0 Å². The normalized spacial score (nSPS) is 14.2. The average molecular weight is 290 g/mol. The number of hydrogen-bond donors (Lipinski definition) is 3. The van der Waals surface area contributed by atoms with Crippen molar-refractivity contribution in [2.24, 2.45) is 0 Å². The average Bonchev–Trinajstić information content (AvgIpc) is 2.52. The number of likely N-dealkylation sites (N-methyl/N-ethyl adjacent to an activating group) is 1. The predicted molar refractivity (Wildman–Crippen MR) is 83.7 cm³/mol. The van der Waals surface area contributed by atoms with Gasteiger partial charge in [-0.15, -0.1) is 0 Å². The Bertz CT molecular complexity index is 544. The fourth-order valence-corrected chi connectivity index (χ4v) is 2.29. The number of benzene rings is 1. The first kappa shape index (κ1) is 15.2. The molecule has 2 rings (SSSR count). The number of para-hydroxylation sites is 1. The Morgan fingerprint density at radius 3 is 2.76 bits per heavy atom. The van der Waals surface area contributed by atoms with Crippen LogP contribution in [0.2, 0.25) is 0 Å². The fourth-order valence-electron chi connectivity index (χ4n) is 2.29. The summed E-state index contributed by atoms with van der Waals surface area (Å²) in [5, 5.41) is 9.24. The molecule has 6 nitrogen and oxygen atoms in total. The number of rotatable bonds is 4. The Morgan fingerprint density at radius 2 is 2.05 bits per heavy atom. The third-order valence-corrected chi connectivity index (χ3v) is 3.62. The number of carbonyl (C=O) groups is 2. The molecule has 0 aromatic heterocycles. The molecular weight excluding hydrogens is 268 g/mol. The van der Waals surface area contributed by atoms with Gasteiger partial charge in [0.15, 0.2) is 0 Å². The zero-order valence-corrected chi connectivity index (χ0v) is 12.7. The van der Waals surface area contributed by atoms with Gasteiger partial charge in [0, 0.05) is 26.7 Å². The number of carbonyl (C=O) groups excluding carboxylic acids is 2. The Hall–Kier alpha value is -2.24. The second-order valence-corrected chi connectivity index (χ2v) is 5.13. The van der Waals surface area contributed by atoms with Crippen molar-refractivity contribution in [3.05, 3.63) is 23.8 Å². The van der Waals surface area contributed by atoms with Crippen molar-refractivity contribution in [1.82, 2.24) is 10.2 Å². The lowest BCUT2D eigenvalue weighted by atomic mass is 10.1. The van der Waals surface area contributed by atoms with Crippen LogP contribution in [0, 0.1) is 0 Å². The zero-order valence-electron chi connectivity index (χ0n) is 12.7. The van der Waals surface area contributed by atoms with E-state index in [1.807, 2.05) is 19.1 Å². The van der Waals surface area contributed by atoms with Crippen LogP contribution < -0.4 is 16.0 Å². The molecule has 1 unspecified atom stereocenters. The molecule has 1 atom stereocenters. The molecule has 0 fully saturated rings. The van der Waals surface area contributed by atoms with Gasteiger partial charge in [0.1, 0.15) is 6.04 Å². The van der Waals surface area contributed by atoms with Crippen LogP contribution in [0.1, 0.15) is 24.2 Å². The molecule has 0 saturated carbocycles. The highest BCUT2D eigenvalue weighted by Crippen LogP contribution is 2.28. The molecular formula is C15H22N4O2. The van der Waals surface area contributed by atoms with Crippen LogP contribution in [0.5, 0.6) is 0 Å². The monoisotopic (exact) mass is 290 g/mol. The maximum Gasteiger partial charge on any atom is 0.254 e. The van der Waals surface area contributed by atoms with E-state index in [-0.39, 0.29) is 11.8 Å². The molecule has 1 aliphatic heterocycles. The highest BCUT2D eigenvalue weighted by atomic mass is 16.2. The molecule has 0 spiro atoms. The van der Waals surface area contributed by atoms with Crippen LogP contribution in [-0.4, -0.2) is 49.4 Å². The highest BCUT2D eigenvalue weighted by Gasteiger charge is 2.22. The molecule has 3 N–H and O–H groups in total. The standard InChI is InChI=1S/C15H22N4O2/c1-4-19(3)15(21)10(2)18-14(20)11-6-5-7-12-13(11)17-9-8-16-12/h5-7,10,16-17H,4,8-9H2,1-3H3,(H,18,20). The SMILES string of the molecule is CCN(C)C(=O)C(C)NC(=O)c1cccc2c1NCCN2. The van der Waals surface area contributed by atoms with Crippen molar-refractivity contribution in [2.45, 2.75) is 19.9 Å². The van der Waals surface area contributed by atoms with E-state index in [9.17, 15) is 9.59 Å². The summed E-state index contributed by atoms with van der Waals surface area (Å²) in [6, 6.07) is 4.97. The third kappa shape index (κ3) is 3.26. The molecule has 0 radical (unpaired) electrons. The molecule has 1 aromatic rings. The molecule has 2 amide bonds. The van der Waals surface area contributed by atoms with Crippen LogP contribution in [0.25, 0.3) is 0 Å². The summed E-state index contributed by atoms with van der Waals surface area (Å²) in [6.45, 7) is 5.81. The van der Waals surface area contributed by atoms with E-state index in [0.29, 0.717) is 12.1 Å². The minimum atomic E-state index is -0.546. The second-order valence-electron chi connectivity index (χ2n) is 5.13. The van der Waals surface area contributed by atoms with Crippen LogP contribution >= 0.6 is 0 Å². The number of amides is 2. The van der Waals surface area contributed by atoms with Gasteiger partial charge in [0.2, 0.25) is 5.91 Å². The smallest absolute Gasteiger partial charge is 0.254 e. The second kappa shape index (κ2) is 6.47. The Kier molecular flexibility index (Phi) is 4.67. The van der Waals surface area contributed by atoms with Gasteiger partial charge in [-0.3, -0.25) is 9.59 Å². The largest absolute Gasteiger partial charge is 0.382 e. The minimum absolute atomic E-state index is 0.0956. The predicted octanol–water partition coefficient (Wildman–Crippen LogP) is 1.12. The summed E-state index contributed by atoms with van der Waals surface area (Å²) in [7, 11) is 1.72. The van der Waals surface area contributed by atoms with Gasteiger partial charge < -0.3 is 20.9 Å². The topological polar surface area (TPSA) is 73.5 Å². The number of nitrogens with zero attached hydrogens (tertiary/aromatic N) is 1. The Labute approximate surface area is 124 Å². The lowest BCUT2D eigenvalue weighted by Gasteiger charge is -2.24. The van der Waals surface area contributed by atoms with Crippen molar-refractivity contribution in [3.8, 4) is 0 Å². The number of nitrogens with one attached hydrogen (secondary N) is 3. The maximum atomic E-state index is 12.4. The van der Waals surface area contributed by atoms with Crippen molar-refractivity contribution >= 4 is 23.2 Å². The van der Waals surface area contributed by atoms with E-state index >= 15 is 0 Å². The van der Waals surface area contributed by atoms with Gasteiger partial charge >= 0.3 is 0 Å². The molecule has 1 heterocycles. The van der Waals surface area contributed by atoms with Crippen molar-refractivity contribution < 1.29 is 9.59 Å². The van der Waals surface area contributed by atoms with Gasteiger partial charge in [0.25, 0.3) is 5.91 Å². The summed E-state index contributed by atoms with van der Waals surface area (Å²) in [5.74, 6) is -0.338. The van der Waals surface area contributed by atoms with Gasteiger partial charge in [-0.1, -0.05) is 6.07 Å². The molecule has 1 aliphatic rings. The van der Waals surface area contributed by atoms with Gasteiger partial charge in [-0.25, -0.2) is 0 Å². The lowest BCUT2D eigenvalue weighted by Crippen LogP contribution is -2.45. The minimum Gasteiger partial charge on any atom is -0.382 e. The molecule has 0 aliphatic carbocycles. The van der Waals surface area contributed by atoms with Crippen LogP contribution in [-0.2, 0) is 4.79 Å². The fraction of sp³-hybridized carbons (Fsp3) is 0.467. The van der Waals surface area contributed by atoms with Crippen molar-refractivity contribution in [3.63, 3.8) is 0 Å².